The van der Waals surface area contributed by atoms with Crippen LogP contribution in [0.1, 0.15) is 37.8 Å². The zero-order valence-electron chi connectivity index (χ0n) is 11.6. The Morgan fingerprint density at radius 3 is 2.53 bits per heavy atom. The first-order valence-electron chi connectivity index (χ1n) is 6.45. The van der Waals surface area contributed by atoms with Gasteiger partial charge in [-0.15, -0.1) is 0 Å². The predicted molar refractivity (Wildman–Crippen MR) is 83.9 cm³/mol. The molecule has 0 saturated heterocycles. The maximum absolute atomic E-state index is 11.2. The first-order chi connectivity index (χ1) is 9.02. The molecule has 19 heavy (non-hydrogen) atoms. The lowest BCUT2D eigenvalue weighted by molar-refractivity contribution is 0.319. The molecule has 1 nitrogen and oxygen atoms in total. The quantitative estimate of drug-likeness (QED) is 0.721. The highest BCUT2D eigenvalue weighted by Gasteiger charge is 2.27. The molecule has 2 aromatic rings. The van der Waals surface area contributed by atoms with Gasteiger partial charge in [0.2, 0.25) is 0 Å². The number of thiophene rings is 1. The summed E-state index contributed by atoms with van der Waals surface area (Å²) in [6.07, 6.45) is 0.936. The highest BCUT2D eigenvalue weighted by Crippen LogP contribution is 2.38. The summed E-state index contributed by atoms with van der Waals surface area (Å²) in [6, 6.07) is 10.2. The van der Waals surface area contributed by atoms with Crippen molar-refractivity contribution in [2.24, 2.45) is 5.41 Å². The first kappa shape index (κ1) is 14.4. The summed E-state index contributed by atoms with van der Waals surface area (Å²) in [6.45, 7) is 6.81. The highest BCUT2D eigenvalue weighted by atomic mass is 32.1. The van der Waals surface area contributed by atoms with Gasteiger partial charge in [0.25, 0.3) is 0 Å². The van der Waals surface area contributed by atoms with E-state index in [4.69, 9.17) is 0 Å². The molecule has 0 bridgehead atoms. The van der Waals surface area contributed by atoms with Crippen LogP contribution in [0.3, 0.4) is 0 Å². The van der Waals surface area contributed by atoms with Crippen LogP contribution in [0.5, 0.6) is 0 Å². The molecule has 0 spiro atoms. The van der Waals surface area contributed by atoms with E-state index in [-0.39, 0.29) is 13.9 Å². The largest absolute Gasteiger partial charge is 0.269 e. The van der Waals surface area contributed by atoms with Crippen LogP contribution in [0.4, 0.5) is 0 Å². The molecule has 3 heteroatoms. The summed E-state index contributed by atoms with van der Waals surface area (Å²) < 4.78 is 11.2. The SMILES string of the molecule is CC(C)(C)C(Cc1ccccc1P=O)c1ccsc1. The smallest absolute Gasteiger partial charge is 0.192 e. The van der Waals surface area contributed by atoms with Crippen LogP contribution >= 0.6 is 19.8 Å². The fraction of sp³-hybridized carbons (Fsp3) is 0.375. The Morgan fingerprint density at radius 2 is 1.95 bits per heavy atom. The molecule has 0 amide bonds. The van der Waals surface area contributed by atoms with Crippen LogP contribution in [0.2, 0.25) is 0 Å². The predicted octanol–water partition coefficient (Wildman–Crippen LogP) is 5.04. The molecule has 0 saturated carbocycles. The van der Waals surface area contributed by atoms with Crippen molar-refractivity contribution in [1.29, 1.82) is 0 Å². The van der Waals surface area contributed by atoms with E-state index in [1.54, 1.807) is 11.3 Å². The maximum atomic E-state index is 11.2. The summed E-state index contributed by atoms with van der Waals surface area (Å²) in [4.78, 5) is 0. The topological polar surface area (TPSA) is 17.1 Å². The van der Waals surface area contributed by atoms with E-state index < -0.39 is 0 Å². The zero-order chi connectivity index (χ0) is 13.9. The van der Waals surface area contributed by atoms with Gasteiger partial charge in [-0.05, 0) is 51.8 Å². The highest BCUT2D eigenvalue weighted by molar-refractivity contribution is 7.34. The number of hydrogen-bond donors (Lipinski definition) is 0. The summed E-state index contributed by atoms with van der Waals surface area (Å²) in [5.74, 6) is 0.446. The van der Waals surface area contributed by atoms with E-state index in [0.29, 0.717) is 5.92 Å². The molecule has 0 radical (unpaired) electrons. The molecule has 0 N–H and O–H groups in total. The molecule has 1 aromatic carbocycles. The van der Waals surface area contributed by atoms with Gasteiger partial charge in [0.1, 0.15) is 0 Å². The molecular weight excluding hydrogens is 271 g/mol. The van der Waals surface area contributed by atoms with Gasteiger partial charge in [-0.25, -0.2) is 0 Å². The fourth-order valence-corrected chi connectivity index (χ4v) is 3.53. The Hall–Kier alpha value is -0.980. The standard InChI is InChI=1S/C16H19OPS/c1-16(2,3)14(13-8-9-19-11-13)10-12-6-4-5-7-15(12)18-17/h4-9,11,14H,10H2,1-3H3. The maximum Gasteiger partial charge on any atom is 0.192 e. The normalized spacial score (nSPS) is 13.6. The van der Waals surface area contributed by atoms with Crippen molar-refractivity contribution in [3.8, 4) is 0 Å². The molecule has 0 aliphatic rings. The summed E-state index contributed by atoms with van der Waals surface area (Å²) in [5, 5.41) is 5.27. The molecule has 0 fully saturated rings. The van der Waals surface area contributed by atoms with Gasteiger partial charge in [-0.2, -0.15) is 11.3 Å². The van der Waals surface area contributed by atoms with Crippen molar-refractivity contribution in [3.63, 3.8) is 0 Å². The summed E-state index contributed by atoms with van der Waals surface area (Å²) in [5.41, 5.74) is 2.76. The van der Waals surface area contributed by atoms with Gasteiger partial charge in [0.05, 0.1) is 0 Å². The number of benzene rings is 1. The van der Waals surface area contributed by atoms with E-state index in [9.17, 15) is 4.57 Å². The molecule has 1 atom stereocenters. The average Bonchev–Trinajstić information content (AvgIpc) is 2.88. The van der Waals surface area contributed by atoms with Crippen molar-refractivity contribution >= 4 is 25.1 Å². The summed E-state index contributed by atoms with van der Waals surface area (Å²) >= 11 is 1.74. The fourth-order valence-electron chi connectivity index (χ4n) is 2.39. The molecule has 100 valence electrons. The first-order valence-corrected chi connectivity index (χ1v) is 8.21. The van der Waals surface area contributed by atoms with Crippen molar-refractivity contribution < 1.29 is 4.57 Å². The monoisotopic (exact) mass is 290 g/mol. The minimum atomic E-state index is 0.114. The van der Waals surface area contributed by atoms with Crippen LogP contribution in [0.15, 0.2) is 41.1 Å². The molecule has 2 rings (SSSR count). The average molecular weight is 290 g/mol. The van der Waals surface area contributed by atoms with Crippen molar-refractivity contribution in [2.75, 3.05) is 0 Å². The van der Waals surface area contributed by atoms with E-state index in [1.807, 2.05) is 18.2 Å². The van der Waals surface area contributed by atoms with Crippen LogP contribution in [0.25, 0.3) is 0 Å². The van der Waals surface area contributed by atoms with Gasteiger partial charge < -0.3 is 0 Å². The van der Waals surface area contributed by atoms with Crippen LogP contribution in [-0.2, 0) is 11.0 Å². The Balaban J connectivity index is 2.34. The Bertz CT molecular complexity index is 540. The van der Waals surface area contributed by atoms with Crippen molar-refractivity contribution in [2.45, 2.75) is 33.1 Å². The lowest BCUT2D eigenvalue weighted by atomic mass is 9.74. The van der Waals surface area contributed by atoms with Gasteiger partial charge in [0, 0.05) is 5.30 Å². The van der Waals surface area contributed by atoms with Crippen LogP contribution in [-0.4, -0.2) is 0 Å². The molecule has 1 unspecified atom stereocenters. The Morgan fingerprint density at radius 1 is 1.21 bits per heavy atom. The van der Waals surface area contributed by atoms with E-state index >= 15 is 0 Å². The molecule has 1 aromatic heterocycles. The third kappa shape index (κ3) is 3.52. The lowest BCUT2D eigenvalue weighted by Gasteiger charge is -2.31. The van der Waals surface area contributed by atoms with E-state index in [0.717, 1.165) is 11.7 Å². The van der Waals surface area contributed by atoms with Gasteiger partial charge >= 0.3 is 0 Å². The Kier molecular flexibility index (Phi) is 4.54. The van der Waals surface area contributed by atoms with Gasteiger partial charge in [-0.1, -0.05) is 39.0 Å². The third-order valence-electron chi connectivity index (χ3n) is 3.50. The van der Waals surface area contributed by atoms with Crippen molar-refractivity contribution in [1.82, 2.24) is 0 Å². The second-order valence-electron chi connectivity index (χ2n) is 5.90. The lowest BCUT2D eigenvalue weighted by Crippen LogP contribution is -2.22. The van der Waals surface area contributed by atoms with Crippen LogP contribution in [0, 0.1) is 5.41 Å². The van der Waals surface area contributed by atoms with E-state index in [2.05, 4.69) is 43.7 Å². The number of hydrogen-bond acceptors (Lipinski definition) is 2. The molecule has 0 aliphatic carbocycles. The summed E-state index contributed by atoms with van der Waals surface area (Å²) in [7, 11) is 0.114. The Labute approximate surface area is 120 Å². The molecule has 0 aliphatic heterocycles. The molecular formula is C16H19OPS. The second kappa shape index (κ2) is 5.98. The van der Waals surface area contributed by atoms with E-state index in [1.165, 1.54) is 11.1 Å². The second-order valence-corrected chi connectivity index (χ2v) is 7.34. The minimum Gasteiger partial charge on any atom is -0.269 e. The molecule has 1 heterocycles. The van der Waals surface area contributed by atoms with Crippen LogP contribution < -0.4 is 5.30 Å². The van der Waals surface area contributed by atoms with Gasteiger partial charge in [0.15, 0.2) is 8.46 Å². The zero-order valence-corrected chi connectivity index (χ0v) is 13.3. The van der Waals surface area contributed by atoms with Gasteiger partial charge in [-0.3, -0.25) is 4.57 Å². The third-order valence-corrected chi connectivity index (χ3v) is 4.84. The minimum absolute atomic E-state index is 0.114. The van der Waals surface area contributed by atoms with Crippen molar-refractivity contribution in [3.05, 3.63) is 52.2 Å². The number of rotatable bonds is 4.